The third-order valence-corrected chi connectivity index (χ3v) is 6.69. The summed E-state index contributed by atoms with van der Waals surface area (Å²) >= 11 is 0. The number of nitrogens with one attached hydrogen (secondary N) is 2. The second kappa shape index (κ2) is 9.14. The highest BCUT2D eigenvalue weighted by Crippen LogP contribution is 2.49. The molecule has 0 bridgehead atoms. The van der Waals surface area contributed by atoms with Crippen molar-refractivity contribution in [2.24, 2.45) is 11.0 Å². The van der Waals surface area contributed by atoms with E-state index in [0.717, 1.165) is 28.9 Å². The highest BCUT2D eigenvalue weighted by Gasteiger charge is 2.38. The number of hydrogen-bond donors (Lipinski definition) is 2. The van der Waals surface area contributed by atoms with E-state index in [-0.39, 0.29) is 23.7 Å². The fraction of sp³-hybridized carbons (Fsp3) is 0.214. The van der Waals surface area contributed by atoms with Crippen LogP contribution < -0.4 is 15.5 Å². The van der Waals surface area contributed by atoms with Gasteiger partial charge in [0.2, 0.25) is 0 Å². The Kier molecular flexibility index (Phi) is 5.88. The standard InChI is InChI=1S/C28H26FN3O2/c1-17(31-32-28(33)19-8-13-22(34-2)14-9-19)20-10-15-26-25(16-20)23-4-3-5-24(23)27(30-26)18-6-11-21(29)12-7-18/h3-4,6-16,23-24,27,30H,5H2,1-2H3,(H,32,33)/b31-17-/t23-,24+,27+/m1/s1. The predicted molar refractivity (Wildman–Crippen MR) is 132 cm³/mol. The smallest absolute Gasteiger partial charge is 0.271 e. The van der Waals surface area contributed by atoms with Gasteiger partial charge in [0.25, 0.3) is 5.91 Å². The van der Waals surface area contributed by atoms with Crippen LogP contribution >= 0.6 is 0 Å². The number of anilines is 1. The van der Waals surface area contributed by atoms with E-state index in [4.69, 9.17) is 4.74 Å². The lowest BCUT2D eigenvalue weighted by molar-refractivity contribution is 0.0955. The third kappa shape index (κ3) is 4.19. The third-order valence-electron chi connectivity index (χ3n) is 6.69. The fourth-order valence-corrected chi connectivity index (χ4v) is 4.83. The Balaban J connectivity index is 1.36. The molecule has 172 valence electrons. The molecule has 0 spiro atoms. The molecule has 34 heavy (non-hydrogen) atoms. The van der Waals surface area contributed by atoms with Gasteiger partial charge in [0, 0.05) is 17.2 Å². The Morgan fingerprint density at radius 3 is 2.53 bits per heavy atom. The number of allylic oxidation sites excluding steroid dienone is 2. The molecule has 6 heteroatoms. The van der Waals surface area contributed by atoms with Crippen LogP contribution in [-0.2, 0) is 0 Å². The van der Waals surface area contributed by atoms with Crippen LogP contribution in [0.5, 0.6) is 5.75 Å². The summed E-state index contributed by atoms with van der Waals surface area (Å²) < 4.78 is 18.6. The van der Waals surface area contributed by atoms with Gasteiger partial charge < -0.3 is 10.1 Å². The number of carbonyl (C=O) groups excluding carboxylic acids is 1. The van der Waals surface area contributed by atoms with Crippen LogP contribution in [0.3, 0.4) is 0 Å². The predicted octanol–water partition coefficient (Wildman–Crippen LogP) is 5.81. The Labute approximate surface area is 198 Å². The van der Waals surface area contributed by atoms with Gasteiger partial charge in [-0.1, -0.05) is 30.4 Å². The summed E-state index contributed by atoms with van der Waals surface area (Å²) in [6.45, 7) is 1.88. The summed E-state index contributed by atoms with van der Waals surface area (Å²) in [5.41, 5.74) is 8.21. The SMILES string of the molecule is COc1ccc(C(=O)N/N=C(/C)c2ccc3c(c2)[C@@H]2C=CC[C@@H]2[C@H](c2ccc(F)cc2)N3)cc1. The summed E-state index contributed by atoms with van der Waals surface area (Å²) in [4.78, 5) is 12.5. The van der Waals surface area contributed by atoms with Gasteiger partial charge in [-0.15, -0.1) is 0 Å². The van der Waals surface area contributed by atoms with Gasteiger partial charge in [0.05, 0.1) is 18.9 Å². The first-order chi connectivity index (χ1) is 16.5. The molecule has 3 aromatic rings. The molecule has 3 aromatic carbocycles. The molecular formula is C28H26FN3O2. The summed E-state index contributed by atoms with van der Waals surface area (Å²) in [5, 5.41) is 8.00. The highest BCUT2D eigenvalue weighted by molar-refractivity contribution is 6.01. The number of ether oxygens (including phenoxy) is 1. The first-order valence-corrected chi connectivity index (χ1v) is 11.3. The molecule has 0 saturated carbocycles. The van der Waals surface area contributed by atoms with Crippen molar-refractivity contribution in [1.29, 1.82) is 0 Å². The molecule has 1 heterocycles. The van der Waals surface area contributed by atoms with Crippen molar-refractivity contribution in [3.8, 4) is 5.75 Å². The van der Waals surface area contributed by atoms with E-state index in [1.165, 1.54) is 17.7 Å². The van der Waals surface area contributed by atoms with Crippen LogP contribution in [0.25, 0.3) is 0 Å². The normalized spacial score (nSPS) is 20.8. The zero-order valence-corrected chi connectivity index (χ0v) is 19.1. The largest absolute Gasteiger partial charge is 0.497 e. The van der Waals surface area contributed by atoms with E-state index in [2.05, 4.69) is 40.1 Å². The number of rotatable bonds is 5. The van der Waals surface area contributed by atoms with Gasteiger partial charge in [0.1, 0.15) is 11.6 Å². The summed E-state index contributed by atoms with van der Waals surface area (Å²) in [7, 11) is 1.59. The van der Waals surface area contributed by atoms with E-state index in [1.807, 2.05) is 25.1 Å². The maximum atomic E-state index is 13.4. The lowest BCUT2D eigenvalue weighted by Crippen LogP contribution is -2.29. The molecule has 0 unspecified atom stereocenters. The summed E-state index contributed by atoms with van der Waals surface area (Å²) in [6.07, 6.45) is 5.46. The van der Waals surface area contributed by atoms with Crippen LogP contribution in [0, 0.1) is 11.7 Å². The number of carbonyl (C=O) groups is 1. The first-order valence-electron chi connectivity index (χ1n) is 11.3. The number of fused-ring (bicyclic) bond motifs is 3. The van der Waals surface area contributed by atoms with E-state index in [0.29, 0.717) is 17.2 Å². The lowest BCUT2D eigenvalue weighted by atomic mass is 9.76. The van der Waals surface area contributed by atoms with Gasteiger partial charge >= 0.3 is 0 Å². The zero-order valence-electron chi connectivity index (χ0n) is 19.1. The number of hydrogen-bond acceptors (Lipinski definition) is 4. The Bertz CT molecular complexity index is 1270. The molecule has 5 nitrogen and oxygen atoms in total. The zero-order chi connectivity index (χ0) is 23.7. The maximum absolute atomic E-state index is 13.4. The first kappa shape index (κ1) is 21.9. The fourth-order valence-electron chi connectivity index (χ4n) is 4.83. The van der Waals surface area contributed by atoms with Crippen molar-refractivity contribution >= 4 is 17.3 Å². The molecule has 0 aromatic heterocycles. The minimum Gasteiger partial charge on any atom is -0.497 e. The topological polar surface area (TPSA) is 62.7 Å². The van der Waals surface area contributed by atoms with Crippen LogP contribution in [0.15, 0.2) is 84.0 Å². The van der Waals surface area contributed by atoms with E-state index in [9.17, 15) is 9.18 Å². The molecule has 0 fully saturated rings. The lowest BCUT2D eigenvalue weighted by Gasteiger charge is -2.37. The number of hydrazone groups is 1. The summed E-state index contributed by atoms with van der Waals surface area (Å²) in [6, 6.07) is 20.0. The molecule has 1 amide bonds. The van der Waals surface area contributed by atoms with E-state index in [1.54, 1.807) is 31.4 Å². The maximum Gasteiger partial charge on any atom is 0.271 e. The van der Waals surface area contributed by atoms with Gasteiger partial charge in [0.15, 0.2) is 0 Å². The number of methoxy groups -OCH3 is 1. The second-order valence-electron chi connectivity index (χ2n) is 8.70. The van der Waals surface area contributed by atoms with Crippen LogP contribution in [0.4, 0.5) is 10.1 Å². The molecule has 0 saturated heterocycles. The number of halogens is 1. The minimum atomic E-state index is -0.275. The average Bonchev–Trinajstić information content (AvgIpc) is 3.37. The number of nitrogens with zero attached hydrogens (tertiary/aromatic N) is 1. The van der Waals surface area contributed by atoms with Gasteiger partial charge in [-0.2, -0.15) is 5.10 Å². The molecule has 2 N–H and O–H groups in total. The van der Waals surface area contributed by atoms with Crippen LogP contribution in [0.2, 0.25) is 0 Å². The van der Waals surface area contributed by atoms with Crippen molar-refractivity contribution in [2.45, 2.75) is 25.3 Å². The molecule has 3 atom stereocenters. The van der Waals surface area contributed by atoms with Crippen molar-refractivity contribution in [3.05, 3.63) is 107 Å². The monoisotopic (exact) mass is 455 g/mol. The minimum absolute atomic E-state index is 0.123. The van der Waals surface area contributed by atoms with Crippen molar-refractivity contribution in [3.63, 3.8) is 0 Å². The van der Waals surface area contributed by atoms with E-state index < -0.39 is 0 Å². The molecule has 5 rings (SSSR count). The molecule has 1 aliphatic heterocycles. The Morgan fingerprint density at radius 2 is 1.79 bits per heavy atom. The van der Waals surface area contributed by atoms with Gasteiger partial charge in [-0.25, -0.2) is 9.82 Å². The van der Waals surface area contributed by atoms with Crippen molar-refractivity contribution < 1.29 is 13.9 Å². The number of benzene rings is 3. The van der Waals surface area contributed by atoms with Crippen LogP contribution in [0.1, 0.15) is 52.4 Å². The van der Waals surface area contributed by atoms with Gasteiger partial charge in [-0.05, 0) is 84.5 Å². The number of amides is 1. The van der Waals surface area contributed by atoms with Crippen molar-refractivity contribution in [1.82, 2.24) is 5.43 Å². The Hall–Kier alpha value is -3.93. The Morgan fingerprint density at radius 1 is 1.06 bits per heavy atom. The second-order valence-corrected chi connectivity index (χ2v) is 8.70. The highest BCUT2D eigenvalue weighted by atomic mass is 19.1. The van der Waals surface area contributed by atoms with Crippen LogP contribution in [-0.4, -0.2) is 18.7 Å². The summed E-state index contributed by atoms with van der Waals surface area (Å²) in [5.74, 6) is 0.829. The molecule has 2 aliphatic rings. The molecule has 0 radical (unpaired) electrons. The quantitative estimate of drug-likeness (QED) is 0.290. The van der Waals surface area contributed by atoms with Crippen molar-refractivity contribution in [2.75, 3.05) is 12.4 Å². The molecule has 1 aliphatic carbocycles. The average molecular weight is 456 g/mol. The van der Waals surface area contributed by atoms with E-state index >= 15 is 0 Å². The molecular weight excluding hydrogens is 429 g/mol. The van der Waals surface area contributed by atoms with Gasteiger partial charge in [-0.3, -0.25) is 4.79 Å².